The second-order valence-electron chi connectivity index (χ2n) is 4.90. The zero-order valence-corrected chi connectivity index (χ0v) is 14.0. The fourth-order valence-electron chi connectivity index (χ4n) is 2.33. The minimum Gasteiger partial charge on any atom is -0.332 e. The van der Waals surface area contributed by atoms with E-state index < -0.39 is 15.6 Å². The Morgan fingerprint density at radius 2 is 2.10 bits per heavy atom. The molecule has 0 aromatic heterocycles. The lowest BCUT2D eigenvalue weighted by molar-refractivity contribution is -0.131. The molecule has 8 heteroatoms. The SMILES string of the molecule is CS(=O)(=O)CC(=O)N1CCNCC1c1ccccc1Cl.Cl. The lowest BCUT2D eigenvalue weighted by atomic mass is 10.0. The molecule has 1 unspecified atom stereocenters. The number of hydrogen-bond donors (Lipinski definition) is 1. The molecule has 21 heavy (non-hydrogen) atoms. The van der Waals surface area contributed by atoms with Gasteiger partial charge in [-0.2, -0.15) is 0 Å². The van der Waals surface area contributed by atoms with Gasteiger partial charge in [0.25, 0.3) is 0 Å². The van der Waals surface area contributed by atoms with E-state index in [9.17, 15) is 13.2 Å². The fourth-order valence-corrected chi connectivity index (χ4v) is 3.21. The van der Waals surface area contributed by atoms with Crippen molar-refractivity contribution in [2.24, 2.45) is 0 Å². The maximum atomic E-state index is 12.2. The number of sulfone groups is 1. The van der Waals surface area contributed by atoms with Gasteiger partial charge in [-0.25, -0.2) is 8.42 Å². The van der Waals surface area contributed by atoms with Crippen LogP contribution >= 0.6 is 24.0 Å². The van der Waals surface area contributed by atoms with Crippen LogP contribution < -0.4 is 5.32 Å². The van der Waals surface area contributed by atoms with E-state index in [4.69, 9.17) is 11.6 Å². The molecule has 0 radical (unpaired) electrons. The van der Waals surface area contributed by atoms with Gasteiger partial charge in [0.05, 0.1) is 6.04 Å². The molecule has 1 aromatic rings. The Morgan fingerprint density at radius 3 is 2.71 bits per heavy atom. The molecule has 2 rings (SSSR count). The van der Waals surface area contributed by atoms with Crippen molar-refractivity contribution in [3.8, 4) is 0 Å². The number of carbonyl (C=O) groups excluding carboxylic acids is 1. The number of halogens is 2. The van der Waals surface area contributed by atoms with Gasteiger partial charge in [0.1, 0.15) is 5.75 Å². The molecule has 0 aliphatic carbocycles. The first-order valence-corrected chi connectivity index (χ1v) is 8.74. The highest BCUT2D eigenvalue weighted by atomic mass is 35.5. The normalized spacial score (nSPS) is 19.0. The van der Waals surface area contributed by atoms with Crippen molar-refractivity contribution in [3.05, 3.63) is 34.9 Å². The van der Waals surface area contributed by atoms with Gasteiger partial charge in [0, 0.05) is 30.9 Å². The molecular formula is C13H18Cl2N2O3S. The monoisotopic (exact) mass is 352 g/mol. The van der Waals surface area contributed by atoms with Crippen molar-refractivity contribution in [1.29, 1.82) is 0 Å². The van der Waals surface area contributed by atoms with E-state index in [1.54, 1.807) is 11.0 Å². The van der Waals surface area contributed by atoms with Crippen LogP contribution in [0.15, 0.2) is 24.3 Å². The first-order valence-electron chi connectivity index (χ1n) is 6.31. The van der Waals surface area contributed by atoms with Crippen LogP contribution in [0.3, 0.4) is 0 Å². The Hall–Kier alpha value is -0.820. The van der Waals surface area contributed by atoms with E-state index in [1.807, 2.05) is 18.2 Å². The molecule has 5 nitrogen and oxygen atoms in total. The van der Waals surface area contributed by atoms with Gasteiger partial charge in [0.15, 0.2) is 9.84 Å². The number of rotatable bonds is 3. The summed E-state index contributed by atoms with van der Waals surface area (Å²) in [6, 6.07) is 7.08. The summed E-state index contributed by atoms with van der Waals surface area (Å²) in [6.07, 6.45) is 1.07. The highest BCUT2D eigenvalue weighted by Crippen LogP contribution is 2.28. The van der Waals surface area contributed by atoms with Crippen molar-refractivity contribution in [2.75, 3.05) is 31.6 Å². The maximum absolute atomic E-state index is 12.2. The van der Waals surface area contributed by atoms with Crippen molar-refractivity contribution in [1.82, 2.24) is 10.2 Å². The number of nitrogens with zero attached hydrogens (tertiary/aromatic N) is 1. The average molecular weight is 353 g/mol. The fraction of sp³-hybridized carbons (Fsp3) is 0.462. The quantitative estimate of drug-likeness (QED) is 0.889. The lowest BCUT2D eigenvalue weighted by Gasteiger charge is -2.36. The zero-order valence-electron chi connectivity index (χ0n) is 11.6. The first kappa shape index (κ1) is 18.2. The molecule has 1 aliphatic rings. The lowest BCUT2D eigenvalue weighted by Crippen LogP contribution is -2.50. The van der Waals surface area contributed by atoms with E-state index in [2.05, 4.69) is 5.32 Å². The van der Waals surface area contributed by atoms with Crippen LogP contribution in [0.2, 0.25) is 5.02 Å². The van der Waals surface area contributed by atoms with Crippen molar-refractivity contribution >= 4 is 39.8 Å². The Labute approximate surface area is 136 Å². The van der Waals surface area contributed by atoms with Crippen molar-refractivity contribution < 1.29 is 13.2 Å². The highest BCUT2D eigenvalue weighted by Gasteiger charge is 2.30. The smallest absolute Gasteiger partial charge is 0.238 e. The number of amides is 1. The summed E-state index contributed by atoms with van der Waals surface area (Å²) in [7, 11) is -3.33. The predicted molar refractivity (Wildman–Crippen MR) is 85.7 cm³/mol. The minimum atomic E-state index is -3.33. The van der Waals surface area contributed by atoms with Crippen LogP contribution in [0.1, 0.15) is 11.6 Å². The topological polar surface area (TPSA) is 66.5 Å². The average Bonchev–Trinajstić information content (AvgIpc) is 2.37. The first-order chi connectivity index (χ1) is 9.38. The van der Waals surface area contributed by atoms with Gasteiger partial charge in [-0.05, 0) is 11.6 Å². The highest BCUT2D eigenvalue weighted by molar-refractivity contribution is 7.91. The number of piperazine rings is 1. The van der Waals surface area contributed by atoms with Crippen LogP contribution in [-0.4, -0.2) is 50.9 Å². The summed E-state index contributed by atoms with van der Waals surface area (Å²) in [4.78, 5) is 13.8. The standard InChI is InChI=1S/C13H17ClN2O3S.ClH/c1-20(18,19)9-13(17)16-7-6-15-8-12(16)10-4-2-3-5-11(10)14;/h2-5,12,15H,6-9H2,1H3;1H. The molecule has 0 saturated carbocycles. The summed E-state index contributed by atoms with van der Waals surface area (Å²) in [6.45, 7) is 1.69. The Morgan fingerprint density at radius 1 is 1.43 bits per heavy atom. The summed E-state index contributed by atoms with van der Waals surface area (Å²) in [5.74, 6) is -0.840. The molecule has 1 fully saturated rings. The summed E-state index contributed by atoms with van der Waals surface area (Å²) in [5, 5.41) is 3.79. The Balaban J connectivity index is 0.00000220. The molecule has 0 bridgehead atoms. The van der Waals surface area contributed by atoms with Crippen LogP contribution in [0.4, 0.5) is 0 Å². The zero-order chi connectivity index (χ0) is 14.8. The number of hydrogen-bond acceptors (Lipinski definition) is 4. The molecule has 1 aromatic carbocycles. The summed E-state index contributed by atoms with van der Waals surface area (Å²) >= 11 is 6.18. The molecule has 1 aliphatic heterocycles. The van der Waals surface area contributed by atoms with Crippen LogP contribution in [-0.2, 0) is 14.6 Å². The third-order valence-corrected chi connectivity index (χ3v) is 4.33. The number of carbonyl (C=O) groups is 1. The van der Waals surface area contributed by atoms with Crippen molar-refractivity contribution in [2.45, 2.75) is 6.04 Å². The predicted octanol–water partition coefficient (Wildman–Crippen LogP) is 1.28. The van der Waals surface area contributed by atoms with Crippen LogP contribution in [0.25, 0.3) is 0 Å². The van der Waals surface area contributed by atoms with Gasteiger partial charge >= 0.3 is 0 Å². The maximum Gasteiger partial charge on any atom is 0.238 e. The molecule has 1 heterocycles. The van der Waals surface area contributed by atoms with Gasteiger partial charge in [0.2, 0.25) is 5.91 Å². The summed E-state index contributed by atoms with van der Waals surface area (Å²) < 4.78 is 22.6. The molecular weight excluding hydrogens is 335 g/mol. The van der Waals surface area contributed by atoms with E-state index in [0.717, 1.165) is 11.8 Å². The van der Waals surface area contributed by atoms with Crippen LogP contribution in [0.5, 0.6) is 0 Å². The van der Waals surface area contributed by atoms with E-state index in [0.29, 0.717) is 24.7 Å². The van der Waals surface area contributed by atoms with Gasteiger partial charge in [-0.3, -0.25) is 4.79 Å². The second kappa shape index (κ2) is 7.45. The van der Waals surface area contributed by atoms with Gasteiger partial charge < -0.3 is 10.2 Å². The van der Waals surface area contributed by atoms with Crippen LogP contribution in [0, 0.1) is 0 Å². The summed E-state index contributed by atoms with van der Waals surface area (Å²) in [5.41, 5.74) is 0.836. The second-order valence-corrected chi connectivity index (χ2v) is 7.45. The van der Waals surface area contributed by atoms with E-state index in [1.165, 1.54) is 0 Å². The minimum absolute atomic E-state index is 0. The third-order valence-electron chi connectivity index (χ3n) is 3.21. The number of benzene rings is 1. The largest absolute Gasteiger partial charge is 0.332 e. The van der Waals surface area contributed by atoms with Gasteiger partial charge in [-0.15, -0.1) is 12.4 Å². The molecule has 118 valence electrons. The molecule has 1 amide bonds. The number of nitrogens with one attached hydrogen (secondary N) is 1. The Kier molecular flexibility index (Phi) is 6.46. The Bertz CT molecular complexity index is 607. The van der Waals surface area contributed by atoms with E-state index in [-0.39, 0.29) is 24.4 Å². The third kappa shape index (κ3) is 4.85. The molecule has 1 N–H and O–H groups in total. The van der Waals surface area contributed by atoms with Gasteiger partial charge in [-0.1, -0.05) is 29.8 Å². The van der Waals surface area contributed by atoms with Crippen molar-refractivity contribution in [3.63, 3.8) is 0 Å². The molecule has 0 spiro atoms. The molecule has 1 saturated heterocycles. The molecule has 1 atom stereocenters. The van der Waals surface area contributed by atoms with E-state index >= 15 is 0 Å².